The number of esters is 1. The van der Waals surface area contributed by atoms with E-state index in [9.17, 15) is 4.79 Å². The SMILES string of the molecule is C=C(CC1c2ccc(-c3ccccc3)c1c2)C(=O)OCc1ccccc1. The lowest BCUT2D eigenvalue weighted by atomic mass is 9.68. The molecule has 0 saturated heterocycles. The number of rotatable bonds is 6. The van der Waals surface area contributed by atoms with Gasteiger partial charge in [0.15, 0.2) is 0 Å². The van der Waals surface area contributed by atoms with Gasteiger partial charge in [0.05, 0.1) is 0 Å². The van der Waals surface area contributed by atoms with Gasteiger partial charge in [-0.05, 0) is 34.3 Å². The van der Waals surface area contributed by atoms with E-state index >= 15 is 0 Å². The maximum absolute atomic E-state index is 12.3. The van der Waals surface area contributed by atoms with Crippen molar-refractivity contribution in [1.29, 1.82) is 0 Å². The standard InChI is InChI=1S/C24H20O2/c1-17(24(25)26-16-18-8-4-2-5-9-18)14-22-20-12-13-21(23(22)15-20)19-10-6-3-7-11-19/h2-13,15,22H,1,14,16H2. The van der Waals surface area contributed by atoms with Crippen molar-refractivity contribution in [3.63, 3.8) is 0 Å². The number of hydrogen-bond donors (Lipinski definition) is 0. The van der Waals surface area contributed by atoms with E-state index in [0.29, 0.717) is 12.0 Å². The number of benzene rings is 2. The monoisotopic (exact) mass is 340 g/mol. The molecule has 2 nitrogen and oxygen atoms in total. The number of ether oxygens (including phenoxy) is 1. The molecule has 2 heteroatoms. The zero-order valence-electron chi connectivity index (χ0n) is 14.5. The molecule has 1 atom stereocenters. The molecule has 0 saturated carbocycles. The Bertz CT molecular complexity index is 928. The Kier molecular flexibility index (Phi) is 4.40. The van der Waals surface area contributed by atoms with Crippen LogP contribution in [0.4, 0.5) is 0 Å². The van der Waals surface area contributed by atoms with Crippen LogP contribution in [0, 0.1) is 5.92 Å². The van der Waals surface area contributed by atoms with Gasteiger partial charge in [0, 0.05) is 11.5 Å². The van der Waals surface area contributed by atoms with Gasteiger partial charge < -0.3 is 4.74 Å². The minimum Gasteiger partial charge on any atom is -0.457 e. The summed E-state index contributed by atoms with van der Waals surface area (Å²) in [5.74, 6) is -0.0720. The average Bonchev–Trinajstić information content (AvgIpc) is 2.71. The Morgan fingerprint density at radius 1 is 0.962 bits per heavy atom. The molecule has 0 heterocycles. The van der Waals surface area contributed by atoms with Gasteiger partial charge in [-0.25, -0.2) is 4.79 Å². The fourth-order valence-electron chi connectivity index (χ4n) is 3.43. The number of fused-ring (bicyclic) bond motifs is 2. The van der Waals surface area contributed by atoms with Crippen molar-refractivity contribution in [2.45, 2.75) is 13.0 Å². The van der Waals surface area contributed by atoms with Crippen molar-refractivity contribution >= 4 is 11.5 Å². The molecule has 2 aliphatic rings. The van der Waals surface area contributed by atoms with Gasteiger partial charge >= 0.3 is 5.97 Å². The summed E-state index contributed by atoms with van der Waals surface area (Å²) in [6.07, 6.45) is 7.11. The number of allylic oxidation sites excluding steroid dienone is 6. The first kappa shape index (κ1) is 16.3. The van der Waals surface area contributed by atoms with Crippen molar-refractivity contribution in [1.82, 2.24) is 0 Å². The van der Waals surface area contributed by atoms with Crippen LogP contribution in [-0.2, 0) is 16.1 Å². The number of carbonyl (C=O) groups excluding carboxylic acids is 1. The Balaban J connectivity index is 1.37. The van der Waals surface area contributed by atoms with Crippen molar-refractivity contribution in [3.8, 4) is 0 Å². The van der Waals surface area contributed by atoms with Crippen LogP contribution in [0.25, 0.3) is 5.57 Å². The van der Waals surface area contributed by atoms with Crippen LogP contribution >= 0.6 is 0 Å². The van der Waals surface area contributed by atoms with E-state index in [1.54, 1.807) is 0 Å². The zero-order valence-corrected chi connectivity index (χ0v) is 14.5. The topological polar surface area (TPSA) is 26.3 Å². The summed E-state index contributed by atoms with van der Waals surface area (Å²) in [5.41, 5.74) is 6.49. The molecule has 0 fully saturated rings. The predicted octanol–water partition coefficient (Wildman–Crippen LogP) is 5.26. The van der Waals surface area contributed by atoms with E-state index in [-0.39, 0.29) is 18.5 Å². The molecule has 1 unspecified atom stereocenters. The van der Waals surface area contributed by atoms with E-state index in [0.717, 1.165) is 5.56 Å². The quantitative estimate of drug-likeness (QED) is 0.530. The third kappa shape index (κ3) is 3.18. The Hall–Kier alpha value is -3.13. The van der Waals surface area contributed by atoms with Crippen LogP contribution < -0.4 is 0 Å². The van der Waals surface area contributed by atoms with Crippen molar-refractivity contribution < 1.29 is 9.53 Å². The highest BCUT2D eigenvalue weighted by Crippen LogP contribution is 2.47. The molecule has 2 bridgehead atoms. The maximum Gasteiger partial charge on any atom is 0.333 e. The van der Waals surface area contributed by atoms with Crippen LogP contribution in [-0.4, -0.2) is 5.97 Å². The molecule has 2 aromatic carbocycles. The lowest BCUT2D eigenvalue weighted by molar-refractivity contribution is -0.140. The fourth-order valence-corrected chi connectivity index (χ4v) is 3.43. The molecular weight excluding hydrogens is 320 g/mol. The Morgan fingerprint density at radius 2 is 1.65 bits per heavy atom. The summed E-state index contributed by atoms with van der Waals surface area (Å²) in [7, 11) is 0. The van der Waals surface area contributed by atoms with Gasteiger partial charge in [0.25, 0.3) is 0 Å². The van der Waals surface area contributed by atoms with Crippen molar-refractivity contribution in [2.75, 3.05) is 0 Å². The molecule has 0 aliphatic heterocycles. The highest BCUT2D eigenvalue weighted by Gasteiger charge is 2.33. The lowest BCUT2D eigenvalue weighted by Crippen LogP contribution is -2.22. The average molecular weight is 340 g/mol. The summed E-state index contributed by atoms with van der Waals surface area (Å²) in [6, 6.07) is 20.0. The Labute approximate surface area is 153 Å². The smallest absolute Gasteiger partial charge is 0.333 e. The molecule has 128 valence electrons. The number of hydrogen-bond acceptors (Lipinski definition) is 2. The van der Waals surface area contributed by atoms with Gasteiger partial charge in [-0.1, -0.05) is 85.5 Å². The summed E-state index contributed by atoms with van der Waals surface area (Å²) in [6.45, 7) is 4.25. The molecule has 0 N–H and O–H groups in total. The summed E-state index contributed by atoms with van der Waals surface area (Å²) in [4.78, 5) is 12.3. The lowest BCUT2D eigenvalue weighted by Gasteiger charge is -2.35. The van der Waals surface area contributed by atoms with Crippen LogP contribution in [0.3, 0.4) is 0 Å². The minimum absolute atomic E-state index is 0.243. The molecule has 26 heavy (non-hydrogen) atoms. The number of carbonyl (C=O) groups is 1. The van der Waals surface area contributed by atoms with E-state index in [1.165, 1.54) is 22.3 Å². The van der Waals surface area contributed by atoms with Crippen LogP contribution in [0.5, 0.6) is 0 Å². The highest BCUT2D eigenvalue weighted by molar-refractivity contribution is 5.91. The summed E-state index contributed by atoms with van der Waals surface area (Å²) >= 11 is 0. The summed E-state index contributed by atoms with van der Waals surface area (Å²) in [5, 5.41) is 0. The van der Waals surface area contributed by atoms with Crippen molar-refractivity contribution in [3.05, 3.63) is 113 Å². The first-order valence-electron chi connectivity index (χ1n) is 8.80. The largest absolute Gasteiger partial charge is 0.457 e. The second-order valence-corrected chi connectivity index (χ2v) is 6.63. The first-order chi connectivity index (χ1) is 12.7. The zero-order chi connectivity index (χ0) is 17.9. The minimum atomic E-state index is -0.315. The van der Waals surface area contributed by atoms with E-state index in [4.69, 9.17) is 4.74 Å². The second-order valence-electron chi connectivity index (χ2n) is 6.63. The predicted molar refractivity (Wildman–Crippen MR) is 104 cm³/mol. The first-order valence-corrected chi connectivity index (χ1v) is 8.80. The molecule has 0 aromatic heterocycles. The molecule has 4 rings (SSSR count). The van der Waals surface area contributed by atoms with Gasteiger partial charge in [-0.15, -0.1) is 0 Å². The Morgan fingerprint density at radius 3 is 2.35 bits per heavy atom. The van der Waals surface area contributed by atoms with Gasteiger partial charge in [-0.3, -0.25) is 0 Å². The fraction of sp³-hybridized carbons (Fsp3) is 0.125. The van der Waals surface area contributed by atoms with Gasteiger partial charge in [0.2, 0.25) is 0 Å². The molecule has 2 aromatic rings. The second kappa shape index (κ2) is 7.01. The van der Waals surface area contributed by atoms with Crippen LogP contribution in [0.2, 0.25) is 0 Å². The molecule has 0 radical (unpaired) electrons. The third-order valence-corrected chi connectivity index (χ3v) is 4.89. The van der Waals surface area contributed by atoms with E-state index in [2.05, 4.69) is 36.9 Å². The van der Waals surface area contributed by atoms with Crippen LogP contribution in [0.1, 0.15) is 17.5 Å². The van der Waals surface area contributed by atoms with Crippen LogP contribution in [0.15, 0.2) is 102 Å². The molecular formula is C24H20O2. The van der Waals surface area contributed by atoms with Crippen molar-refractivity contribution in [2.24, 2.45) is 5.92 Å². The molecule has 2 aliphatic carbocycles. The summed E-state index contributed by atoms with van der Waals surface area (Å²) < 4.78 is 5.40. The maximum atomic E-state index is 12.3. The van der Waals surface area contributed by atoms with Gasteiger partial charge in [0.1, 0.15) is 6.61 Å². The molecule has 0 amide bonds. The third-order valence-electron chi connectivity index (χ3n) is 4.89. The highest BCUT2D eigenvalue weighted by atomic mass is 16.5. The normalized spacial score (nSPS) is 17.4. The van der Waals surface area contributed by atoms with E-state index < -0.39 is 0 Å². The van der Waals surface area contributed by atoms with Gasteiger partial charge in [-0.2, -0.15) is 0 Å². The van der Waals surface area contributed by atoms with E-state index in [1.807, 2.05) is 48.5 Å². The molecule has 0 spiro atoms.